The van der Waals surface area contributed by atoms with Gasteiger partial charge >= 0.3 is 0 Å². The first-order chi connectivity index (χ1) is 7.67. The molecule has 0 aromatic heterocycles. The minimum atomic E-state index is -0.117. The number of alkyl halides is 1. The van der Waals surface area contributed by atoms with Gasteiger partial charge in [-0.05, 0) is 17.7 Å². The predicted octanol–water partition coefficient (Wildman–Crippen LogP) is 1.98. The van der Waals surface area contributed by atoms with Gasteiger partial charge in [0.05, 0.1) is 12.4 Å². The van der Waals surface area contributed by atoms with Crippen molar-refractivity contribution in [1.82, 2.24) is 5.06 Å². The Balaban J connectivity index is 2.45. The van der Waals surface area contributed by atoms with Gasteiger partial charge in [-0.3, -0.25) is 9.63 Å². The van der Waals surface area contributed by atoms with Crippen LogP contribution in [0.2, 0.25) is 0 Å². The smallest absolute Gasteiger partial charge is 0.256 e. The van der Waals surface area contributed by atoms with Crippen LogP contribution in [0.5, 0.6) is 5.75 Å². The fourth-order valence-electron chi connectivity index (χ4n) is 1.05. The maximum Gasteiger partial charge on any atom is 0.256 e. The van der Waals surface area contributed by atoms with Crippen LogP contribution in [0, 0.1) is 0 Å². The molecule has 5 heteroatoms. The van der Waals surface area contributed by atoms with Gasteiger partial charge < -0.3 is 4.74 Å². The number of amides is 1. The predicted molar refractivity (Wildman–Crippen MR) is 64.3 cm³/mol. The Morgan fingerprint density at radius 3 is 2.50 bits per heavy atom. The summed E-state index contributed by atoms with van der Waals surface area (Å²) in [5, 5.41) is 1.48. The highest BCUT2D eigenvalue weighted by molar-refractivity contribution is 9.09. The van der Waals surface area contributed by atoms with E-state index < -0.39 is 0 Å². The third-order valence-electron chi connectivity index (χ3n) is 2.05. The number of ether oxygens (including phenoxy) is 1. The second-order valence-electron chi connectivity index (χ2n) is 3.15. The lowest BCUT2D eigenvalue weighted by molar-refractivity contribution is -0.179. The molecule has 0 saturated heterocycles. The molecular formula is C11H14BrNO3. The number of benzene rings is 1. The molecule has 0 N–H and O–H groups in total. The van der Waals surface area contributed by atoms with E-state index in [1.54, 1.807) is 14.2 Å². The van der Waals surface area contributed by atoms with Gasteiger partial charge in [-0.1, -0.05) is 28.1 Å². The largest absolute Gasteiger partial charge is 0.497 e. The van der Waals surface area contributed by atoms with Gasteiger partial charge in [-0.25, -0.2) is 5.06 Å². The molecule has 1 amide bonds. The molecule has 0 aliphatic heterocycles. The van der Waals surface area contributed by atoms with Crippen molar-refractivity contribution in [1.29, 1.82) is 0 Å². The van der Waals surface area contributed by atoms with Gasteiger partial charge in [0.1, 0.15) is 12.4 Å². The molecule has 0 saturated carbocycles. The van der Waals surface area contributed by atoms with E-state index in [1.165, 1.54) is 5.06 Å². The first kappa shape index (κ1) is 13.0. The molecule has 16 heavy (non-hydrogen) atoms. The molecule has 4 nitrogen and oxygen atoms in total. The summed E-state index contributed by atoms with van der Waals surface area (Å²) in [6.07, 6.45) is 0. The van der Waals surface area contributed by atoms with Crippen LogP contribution in [0.25, 0.3) is 0 Å². The molecule has 0 heterocycles. The van der Waals surface area contributed by atoms with Gasteiger partial charge in [0.15, 0.2) is 0 Å². The average molecular weight is 288 g/mol. The number of carbonyl (C=O) groups is 1. The van der Waals surface area contributed by atoms with E-state index in [-0.39, 0.29) is 11.2 Å². The molecular weight excluding hydrogens is 274 g/mol. The number of methoxy groups -OCH3 is 1. The summed E-state index contributed by atoms with van der Waals surface area (Å²) in [5.74, 6) is 0.683. The van der Waals surface area contributed by atoms with Crippen LogP contribution in [0.3, 0.4) is 0 Å². The molecule has 1 aromatic rings. The van der Waals surface area contributed by atoms with Crippen LogP contribution in [0.4, 0.5) is 0 Å². The molecule has 0 aliphatic rings. The minimum absolute atomic E-state index is 0.117. The third-order valence-corrected chi connectivity index (χ3v) is 2.53. The highest BCUT2D eigenvalue weighted by Crippen LogP contribution is 2.12. The van der Waals surface area contributed by atoms with Crippen molar-refractivity contribution in [3.8, 4) is 5.75 Å². The summed E-state index contributed by atoms with van der Waals surface area (Å²) in [6, 6.07) is 7.49. The number of hydroxylamine groups is 2. The van der Waals surface area contributed by atoms with Crippen LogP contribution < -0.4 is 4.74 Å². The monoisotopic (exact) mass is 287 g/mol. The molecule has 0 spiro atoms. The quantitative estimate of drug-likeness (QED) is 0.614. The summed E-state index contributed by atoms with van der Waals surface area (Å²) in [5.41, 5.74) is 0.982. The Morgan fingerprint density at radius 2 is 2.00 bits per heavy atom. The van der Waals surface area contributed by atoms with Crippen LogP contribution in [0.1, 0.15) is 5.56 Å². The van der Waals surface area contributed by atoms with E-state index in [9.17, 15) is 4.79 Å². The average Bonchev–Trinajstić information content (AvgIpc) is 2.35. The van der Waals surface area contributed by atoms with Gasteiger partial charge in [-0.15, -0.1) is 0 Å². The topological polar surface area (TPSA) is 38.8 Å². The van der Waals surface area contributed by atoms with Crippen molar-refractivity contribution in [2.45, 2.75) is 6.61 Å². The normalized spacial score (nSPS) is 9.94. The lowest BCUT2D eigenvalue weighted by Gasteiger charge is -2.15. The number of nitrogens with zero attached hydrogens (tertiary/aromatic N) is 1. The van der Waals surface area contributed by atoms with Crippen molar-refractivity contribution in [2.24, 2.45) is 0 Å². The highest BCUT2D eigenvalue weighted by Gasteiger charge is 2.06. The first-order valence-corrected chi connectivity index (χ1v) is 5.88. The van der Waals surface area contributed by atoms with Crippen molar-refractivity contribution >= 4 is 21.8 Å². The summed E-state index contributed by atoms with van der Waals surface area (Å²) in [6.45, 7) is 0.360. The molecule has 0 aliphatic carbocycles. The molecule has 88 valence electrons. The Hall–Kier alpha value is -1.07. The summed E-state index contributed by atoms with van der Waals surface area (Å²) in [7, 11) is 3.21. The van der Waals surface area contributed by atoms with Crippen molar-refractivity contribution in [3.63, 3.8) is 0 Å². The molecule has 0 bridgehead atoms. The van der Waals surface area contributed by atoms with Gasteiger partial charge in [-0.2, -0.15) is 0 Å². The highest BCUT2D eigenvalue weighted by atomic mass is 79.9. The van der Waals surface area contributed by atoms with Crippen LogP contribution in [-0.2, 0) is 16.2 Å². The summed E-state index contributed by atoms with van der Waals surface area (Å²) >= 11 is 3.07. The van der Waals surface area contributed by atoms with E-state index >= 15 is 0 Å². The molecule has 0 unspecified atom stereocenters. The zero-order valence-electron chi connectivity index (χ0n) is 9.27. The number of carbonyl (C=O) groups excluding carboxylic acids is 1. The van der Waals surface area contributed by atoms with E-state index in [4.69, 9.17) is 9.57 Å². The van der Waals surface area contributed by atoms with Crippen molar-refractivity contribution in [2.75, 3.05) is 19.5 Å². The first-order valence-electron chi connectivity index (χ1n) is 4.75. The fraction of sp³-hybridized carbons (Fsp3) is 0.364. The molecule has 1 aromatic carbocycles. The third kappa shape index (κ3) is 3.83. The van der Waals surface area contributed by atoms with E-state index in [0.29, 0.717) is 6.61 Å². The Morgan fingerprint density at radius 1 is 1.38 bits per heavy atom. The molecule has 0 fully saturated rings. The number of hydrogen-bond acceptors (Lipinski definition) is 3. The van der Waals surface area contributed by atoms with Gasteiger partial charge in [0, 0.05) is 7.05 Å². The maximum atomic E-state index is 11.2. The Bertz CT molecular complexity index is 340. The maximum absolute atomic E-state index is 11.2. The van der Waals surface area contributed by atoms with Crippen molar-refractivity contribution < 1.29 is 14.4 Å². The van der Waals surface area contributed by atoms with E-state index in [2.05, 4.69) is 15.9 Å². The Kier molecular flexibility index (Phi) is 5.28. The zero-order valence-corrected chi connectivity index (χ0v) is 10.9. The standard InChI is InChI=1S/C11H14BrNO3/c1-13(11(14)7-12)16-8-9-3-5-10(15-2)6-4-9/h3-6H,7-8H2,1-2H3. The lowest BCUT2D eigenvalue weighted by Crippen LogP contribution is -2.27. The summed E-state index contributed by atoms with van der Waals surface area (Å²) in [4.78, 5) is 16.4. The number of halogens is 1. The summed E-state index contributed by atoms with van der Waals surface area (Å²) < 4.78 is 5.04. The van der Waals surface area contributed by atoms with E-state index in [1.807, 2.05) is 24.3 Å². The second kappa shape index (κ2) is 6.50. The number of hydrogen-bond donors (Lipinski definition) is 0. The fourth-order valence-corrected chi connectivity index (χ4v) is 1.40. The zero-order chi connectivity index (χ0) is 12.0. The number of rotatable bonds is 5. The van der Waals surface area contributed by atoms with Crippen LogP contribution >= 0.6 is 15.9 Å². The minimum Gasteiger partial charge on any atom is -0.497 e. The van der Waals surface area contributed by atoms with Crippen molar-refractivity contribution in [3.05, 3.63) is 29.8 Å². The van der Waals surface area contributed by atoms with E-state index in [0.717, 1.165) is 11.3 Å². The second-order valence-corrected chi connectivity index (χ2v) is 3.71. The molecule has 0 radical (unpaired) electrons. The van der Waals surface area contributed by atoms with Crippen LogP contribution in [0.15, 0.2) is 24.3 Å². The Labute approximate surface area is 103 Å². The van der Waals surface area contributed by atoms with Gasteiger partial charge in [0.25, 0.3) is 5.91 Å². The lowest BCUT2D eigenvalue weighted by atomic mass is 10.2. The van der Waals surface area contributed by atoms with Crippen LogP contribution in [-0.4, -0.2) is 30.5 Å². The SMILES string of the molecule is COc1ccc(CON(C)C(=O)CBr)cc1. The van der Waals surface area contributed by atoms with Gasteiger partial charge in [0.2, 0.25) is 0 Å². The molecule has 0 atom stereocenters. The molecule has 1 rings (SSSR count).